The molecule has 1 N–H and O–H groups in total. The fourth-order valence-corrected chi connectivity index (χ4v) is 4.37. The number of amides is 1. The largest absolute Gasteiger partial charge is 0.493 e. The van der Waals surface area contributed by atoms with Crippen LogP contribution >= 0.6 is 11.3 Å². The Bertz CT molecular complexity index is 1270. The van der Waals surface area contributed by atoms with Crippen molar-refractivity contribution in [1.82, 2.24) is 0 Å². The average Bonchev–Trinajstić information content (AvgIpc) is 3.16. The van der Waals surface area contributed by atoms with E-state index in [9.17, 15) is 19.2 Å². The van der Waals surface area contributed by atoms with E-state index in [1.807, 2.05) is 19.1 Å². The highest BCUT2D eigenvalue weighted by Gasteiger charge is 2.26. The van der Waals surface area contributed by atoms with Crippen molar-refractivity contribution in [3.8, 4) is 22.9 Å². The summed E-state index contributed by atoms with van der Waals surface area (Å²) < 4.78 is 24.1. The molecule has 0 aliphatic carbocycles. The van der Waals surface area contributed by atoms with Gasteiger partial charge < -0.3 is 14.8 Å². The third-order valence-corrected chi connectivity index (χ3v) is 5.90. The van der Waals surface area contributed by atoms with Gasteiger partial charge in [0.25, 0.3) is 5.91 Å². The van der Waals surface area contributed by atoms with E-state index < -0.39 is 17.7 Å². The normalized spacial score (nSPS) is 11.0. The predicted molar refractivity (Wildman–Crippen MR) is 130 cm³/mol. The lowest BCUT2D eigenvalue weighted by Crippen LogP contribution is -2.15. The lowest BCUT2D eigenvalue weighted by Gasteiger charge is -2.09. The first-order chi connectivity index (χ1) is 16.4. The number of halogens is 1. The number of para-hydroxylation sites is 1. The van der Waals surface area contributed by atoms with E-state index >= 15 is 0 Å². The van der Waals surface area contributed by atoms with Gasteiger partial charge in [-0.15, -0.1) is 11.3 Å². The molecule has 0 spiro atoms. The molecule has 3 aromatic rings. The third kappa shape index (κ3) is 5.50. The number of esters is 1. The lowest BCUT2D eigenvalue weighted by molar-refractivity contribution is -0.112. The molecule has 0 aliphatic rings. The highest BCUT2D eigenvalue weighted by atomic mass is 32.1. The summed E-state index contributed by atoms with van der Waals surface area (Å²) in [7, 11) is 1.24. The van der Waals surface area contributed by atoms with Gasteiger partial charge in [-0.3, -0.25) is 4.79 Å². The Morgan fingerprint density at radius 1 is 1.18 bits per heavy atom. The van der Waals surface area contributed by atoms with Crippen LogP contribution in [0.1, 0.15) is 34.1 Å². The minimum atomic E-state index is -0.676. The van der Waals surface area contributed by atoms with Gasteiger partial charge in [-0.25, -0.2) is 9.18 Å². The maximum Gasteiger partial charge on any atom is 0.341 e. The van der Waals surface area contributed by atoms with Crippen LogP contribution in [0.4, 0.5) is 9.39 Å². The lowest BCUT2D eigenvalue weighted by atomic mass is 10.0. The van der Waals surface area contributed by atoms with Crippen LogP contribution in [0.25, 0.3) is 17.2 Å². The third-order valence-electron chi connectivity index (χ3n) is 4.88. The van der Waals surface area contributed by atoms with E-state index in [0.29, 0.717) is 29.0 Å². The number of nitrogens with zero attached hydrogens (tertiary/aromatic N) is 1. The average molecular weight is 479 g/mol. The maximum atomic E-state index is 13.4. The first-order valence-corrected chi connectivity index (χ1v) is 11.3. The highest BCUT2D eigenvalue weighted by molar-refractivity contribution is 7.17. The minimum absolute atomic E-state index is 0.147. The van der Waals surface area contributed by atoms with Crippen LogP contribution in [0, 0.1) is 24.1 Å². The molecule has 0 aliphatic heterocycles. The SMILES string of the molecule is CCCOc1ccccc1/C=C(\C#N)C(=O)Nc1sc(C)c(-c2ccc(F)cc2)c1C(=O)OC. The van der Waals surface area contributed by atoms with Gasteiger partial charge in [0, 0.05) is 16.0 Å². The molecule has 3 rings (SSSR count). The monoisotopic (exact) mass is 478 g/mol. The van der Waals surface area contributed by atoms with Crippen molar-refractivity contribution in [2.24, 2.45) is 0 Å². The van der Waals surface area contributed by atoms with E-state index in [1.165, 1.54) is 36.7 Å². The van der Waals surface area contributed by atoms with E-state index in [2.05, 4.69) is 5.32 Å². The van der Waals surface area contributed by atoms with Crippen molar-refractivity contribution in [3.63, 3.8) is 0 Å². The zero-order chi connectivity index (χ0) is 24.7. The zero-order valence-corrected chi connectivity index (χ0v) is 19.8. The van der Waals surface area contributed by atoms with Gasteiger partial charge in [0.05, 0.1) is 13.7 Å². The second kappa shape index (κ2) is 11.3. The number of carbonyl (C=O) groups is 2. The number of hydrogen-bond donors (Lipinski definition) is 1. The van der Waals surface area contributed by atoms with Gasteiger partial charge in [-0.1, -0.05) is 37.3 Å². The first-order valence-electron chi connectivity index (χ1n) is 10.5. The summed E-state index contributed by atoms with van der Waals surface area (Å²) in [5, 5.41) is 12.6. The molecule has 1 aromatic heterocycles. The highest BCUT2D eigenvalue weighted by Crippen LogP contribution is 2.40. The number of benzene rings is 2. The van der Waals surface area contributed by atoms with E-state index in [-0.39, 0.29) is 16.1 Å². The standard InChI is InChI=1S/C26H23FN2O4S/c1-4-13-33-21-8-6-5-7-18(21)14-19(15-28)24(30)29-25-23(26(31)32-3)22(16(2)34-25)17-9-11-20(27)12-10-17/h5-12,14H,4,13H2,1-3H3,(H,29,30)/b19-14+. The van der Waals surface area contributed by atoms with Crippen LogP contribution in [0.15, 0.2) is 54.1 Å². The molecule has 0 atom stereocenters. The molecule has 1 amide bonds. The Morgan fingerprint density at radius 2 is 1.88 bits per heavy atom. The van der Waals surface area contributed by atoms with Gasteiger partial charge in [0.15, 0.2) is 0 Å². The Labute approximate surface area is 201 Å². The summed E-state index contributed by atoms with van der Waals surface area (Å²) >= 11 is 1.17. The van der Waals surface area contributed by atoms with E-state index in [0.717, 1.165) is 11.3 Å². The Morgan fingerprint density at radius 3 is 2.53 bits per heavy atom. The first kappa shape index (κ1) is 24.7. The number of anilines is 1. The molecule has 0 radical (unpaired) electrons. The van der Waals surface area contributed by atoms with Crippen LogP contribution in [-0.2, 0) is 9.53 Å². The molecule has 8 heteroatoms. The second-order valence-corrected chi connectivity index (χ2v) is 8.47. The van der Waals surface area contributed by atoms with Crippen LogP contribution in [-0.4, -0.2) is 25.6 Å². The number of aryl methyl sites for hydroxylation is 1. The molecule has 174 valence electrons. The predicted octanol–water partition coefficient (Wildman–Crippen LogP) is 5.98. The van der Waals surface area contributed by atoms with Crippen molar-refractivity contribution >= 4 is 34.3 Å². The van der Waals surface area contributed by atoms with E-state index in [1.54, 1.807) is 37.3 Å². The Balaban J connectivity index is 1.99. The number of nitriles is 1. The van der Waals surface area contributed by atoms with Gasteiger partial charge in [-0.2, -0.15) is 5.26 Å². The summed E-state index contributed by atoms with van der Waals surface area (Å²) in [6.45, 7) is 4.27. The Hall–Kier alpha value is -3.96. The summed E-state index contributed by atoms with van der Waals surface area (Å²) in [4.78, 5) is 26.4. The van der Waals surface area contributed by atoms with Crippen molar-refractivity contribution in [2.75, 3.05) is 19.0 Å². The molecular formula is C26H23FN2O4S. The summed E-state index contributed by atoms with van der Waals surface area (Å²) in [6.07, 6.45) is 2.26. The number of ether oxygens (including phenoxy) is 2. The van der Waals surface area contributed by atoms with Crippen LogP contribution < -0.4 is 10.1 Å². The summed E-state index contributed by atoms with van der Waals surface area (Å²) in [5.41, 5.74) is 1.72. The van der Waals surface area contributed by atoms with Crippen LogP contribution in [0.5, 0.6) is 5.75 Å². The van der Waals surface area contributed by atoms with E-state index in [4.69, 9.17) is 9.47 Å². The number of nitrogens with one attached hydrogen (secondary N) is 1. The molecular weight excluding hydrogens is 455 g/mol. The summed E-state index contributed by atoms with van der Waals surface area (Å²) in [5.74, 6) is -1.17. The smallest absolute Gasteiger partial charge is 0.341 e. The molecule has 0 bridgehead atoms. The van der Waals surface area contributed by atoms with Crippen molar-refractivity contribution < 1.29 is 23.5 Å². The minimum Gasteiger partial charge on any atom is -0.493 e. The fraction of sp³-hybridized carbons (Fsp3) is 0.192. The molecule has 0 fully saturated rings. The number of thiophene rings is 1. The number of hydrogen-bond acceptors (Lipinski definition) is 6. The molecule has 0 saturated carbocycles. The Kier molecular flexibility index (Phi) is 8.17. The molecule has 0 saturated heterocycles. The molecule has 6 nitrogen and oxygen atoms in total. The van der Waals surface area contributed by atoms with Gasteiger partial charge in [0.2, 0.25) is 0 Å². The van der Waals surface area contributed by atoms with Gasteiger partial charge in [-0.05, 0) is 43.2 Å². The van der Waals surface area contributed by atoms with Crippen molar-refractivity contribution in [3.05, 3.63) is 75.9 Å². The number of rotatable bonds is 8. The molecule has 1 heterocycles. The fourth-order valence-electron chi connectivity index (χ4n) is 3.31. The molecule has 2 aromatic carbocycles. The van der Waals surface area contributed by atoms with Crippen LogP contribution in [0.3, 0.4) is 0 Å². The van der Waals surface area contributed by atoms with Gasteiger partial charge >= 0.3 is 5.97 Å². The number of methoxy groups -OCH3 is 1. The van der Waals surface area contributed by atoms with Gasteiger partial charge in [0.1, 0.15) is 33.8 Å². The second-order valence-electron chi connectivity index (χ2n) is 7.25. The quantitative estimate of drug-likeness (QED) is 0.244. The molecule has 34 heavy (non-hydrogen) atoms. The van der Waals surface area contributed by atoms with Crippen molar-refractivity contribution in [2.45, 2.75) is 20.3 Å². The summed E-state index contributed by atoms with van der Waals surface area (Å²) in [6, 6.07) is 14.7. The topological polar surface area (TPSA) is 88.4 Å². The zero-order valence-electron chi connectivity index (χ0n) is 19.0. The number of carbonyl (C=O) groups excluding carboxylic acids is 2. The van der Waals surface area contributed by atoms with Crippen LogP contribution in [0.2, 0.25) is 0 Å². The maximum absolute atomic E-state index is 13.4. The van der Waals surface area contributed by atoms with Crippen molar-refractivity contribution in [1.29, 1.82) is 5.26 Å². The molecule has 0 unspecified atom stereocenters.